The highest BCUT2D eigenvalue weighted by molar-refractivity contribution is 6.33. The second-order valence-corrected chi connectivity index (χ2v) is 8.15. The van der Waals surface area contributed by atoms with Gasteiger partial charge in [-0.3, -0.25) is 4.98 Å². The van der Waals surface area contributed by atoms with Crippen LogP contribution in [0, 0.1) is 6.92 Å². The SMILES string of the molecule is Cc1nc(-c2cccnc2)nc(N2CCCN(c3ncc(C(F)(F)F)cc3Cl)CC2)c1Cl. The van der Waals surface area contributed by atoms with E-state index in [1.54, 1.807) is 12.4 Å². The Morgan fingerprint density at radius 1 is 0.969 bits per heavy atom. The number of nitrogens with zero attached hydrogens (tertiary/aromatic N) is 6. The maximum Gasteiger partial charge on any atom is 0.417 e. The van der Waals surface area contributed by atoms with Crippen molar-refractivity contribution in [2.45, 2.75) is 19.5 Å². The molecular formula is C21H19Cl2F3N6. The van der Waals surface area contributed by atoms with Gasteiger partial charge in [0, 0.05) is 50.3 Å². The monoisotopic (exact) mass is 482 g/mol. The van der Waals surface area contributed by atoms with Gasteiger partial charge < -0.3 is 9.80 Å². The lowest BCUT2D eigenvalue weighted by Gasteiger charge is -2.25. The minimum absolute atomic E-state index is 0.0250. The summed E-state index contributed by atoms with van der Waals surface area (Å²) < 4.78 is 38.8. The lowest BCUT2D eigenvalue weighted by molar-refractivity contribution is -0.137. The smallest absolute Gasteiger partial charge is 0.354 e. The maximum absolute atomic E-state index is 12.9. The zero-order valence-electron chi connectivity index (χ0n) is 17.1. The molecule has 0 radical (unpaired) electrons. The van der Waals surface area contributed by atoms with Gasteiger partial charge >= 0.3 is 6.18 Å². The predicted octanol–water partition coefficient (Wildman–Crippen LogP) is 5.28. The van der Waals surface area contributed by atoms with Crippen molar-refractivity contribution in [3.05, 3.63) is 58.1 Å². The van der Waals surface area contributed by atoms with Crippen LogP contribution in [0.4, 0.5) is 24.8 Å². The average Bonchev–Trinajstić information content (AvgIpc) is 3.01. The molecular weight excluding hydrogens is 464 g/mol. The number of hydrogen-bond donors (Lipinski definition) is 0. The molecule has 3 aromatic rings. The number of anilines is 2. The molecule has 0 saturated carbocycles. The fraction of sp³-hybridized carbons (Fsp3) is 0.333. The van der Waals surface area contributed by atoms with E-state index in [-0.39, 0.29) is 5.02 Å². The van der Waals surface area contributed by atoms with Crippen LogP contribution in [0.3, 0.4) is 0 Å². The van der Waals surface area contributed by atoms with Gasteiger partial charge in [-0.25, -0.2) is 15.0 Å². The molecule has 0 aliphatic carbocycles. The largest absolute Gasteiger partial charge is 0.417 e. The van der Waals surface area contributed by atoms with Gasteiger partial charge in [-0.2, -0.15) is 13.2 Å². The third kappa shape index (κ3) is 4.73. The molecule has 32 heavy (non-hydrogen) atoms. The molecule has 1 aliphatic rings. The standard InChI is InChI=1S/C21H19Cl2F3N6/c1-13-17(23)20(30-18(29-13)14-4-2-5-27-11-14)32-7-3-6-31(8-9-32)19-16(22)10-15(12-28-19)21(24,25)26/h2,4-5,10-12H,3,6-9H2,1H3. The summed E-state index contributed by atoms with van der Waals surface area (Å²) in [6, 6.07) is 4.60. The highest BCUT2D eigenvalue weighted by Crippen LogP contribution is 2.34. The third-order valence-corrected chi connectivity index (χ3v) is 5.88. The van der Waals surface area contributed by atoms with Crippen LogP contribution in [0.1, 0.15) is 17.7 Å². The molecule has 11 heteroatoms. The minimum Gasteiger partial charge on any atom is -0.354 e. The third-order valence-electron chi connectivity index (χ3n) is 5.16. The van der Waals surface area contributed by atoms with Crippen molar-refractivity contribution < 1.29 is 13.2 Å². The van der Waals surface area contributed by atoms with Crippen LogP contribution in [-0.4, -0.2) is 46.1 Å². The van der Waals surface area contributed by atoms with Gasteiger partial charge in [0.05, 0.1) is 16.3 Å². The van der Waals surface area contributed by atoms with Gasteiger partial charge in [-0.1, -0.05) is 23.2 Å². The highest BCUT2D eigenvalue weighted by atomic mass is 35.5. The zero-order chi connectivity index (χ0) is 22.9. The van der Waals surface area contributed by atoms with Crippen molar-refractivity contribution in [2.24, 2.45) is 0 Å². The van der Waals surface area contributed by atoms with Crippen LogP contribution in [0.5, 0.6) is 0 Å². The molecule has 3 aromatic heterocycles. The lowest BCUT2D eigenvalue weighted by Crippen LogP contribution is -2.32. The molecule has 0 atom stereocenters. The van der Waals surface area contributed by atoms with E-state index in [1.807, 2.05) is 24.0 Å². The second-order valence-electron chi connectivity index (χ2n) is 7.37. The molecule has 4 rings (SSSR count). The van der Waals surface area contributed by atoms with Crippen molar-refractivity contribution in [1.29, 1.82) is 0 Å². The average molecular weight is 483 g/mol. The summed E-state index contributed by atoms with van der Waals surface area (Å²) >= 11 is 12.7. The van der Waals surface area contributed by atoms with Gasteiger partial charge in [0.2, 0.25) is 0 Å². The first-order chi connectivity index (χ1) is 15.2. The first-order valence-electron chi connectivity index (χ1n) is 9.91. The summed E-state index contributed by atoms with van der Waals surface area (Å²) in [4.78, 5) is 21.2. The number of hydrogen-bond acceptors (Lipinski definition) is 6. The predicted molar refractivity (Wildman–Crippen MR) is 118 cm³/mol. The van der Waals surface area contributed by atoms with E-state index >= 15 is 0 Å². The molecule has 1 fully saturated rings. The quantitative estimate of drug-likeness (QED) is 0.505. The molecule has 6 nitrogen and oxygen atoms in total. The first kappa shape index (κ1) is 22.5. The van der Waals surface area contributed by atoms with E-state index in [4.69, 9.17) is 23.2 Å². The van der Waals surface area contributed by atoms with Crippen molar-refractivity contribution >= 4 is 34.8 Å². The number of pyridine rings is 2. The Morgan fingerprint density at radius 2 is 1.69 bits per heavy atom. The van der Waals surface area contributed by atoms with Crippen molar-refractivity contribution in [3.8, 4) is 11.4 Å². The molecule has 1 saturated heterocycles. The summed E-state index contributed by atoms with van der Waals surface area (Å²) in [5, 5.41) is 0.444. The first-order valence-corrected chi connectivity index (χ1v) is 10.7. The van der Waals surface area contributed by atoms with E-state index in [0.717, 1.165) is 24.2 Å². The topological polar surface area (TPSA) is 58.0 Å². The number of alkyl halides is 3. The second kappa shape index (κ2) is 9.07. The molecule has 1 aliphatic heterocycles. The summed E-state index contributed by atoms with van der Waals surface area (Å²) in [7, 11) is 0. The van der Waals surface area contributed by atoms with Gasteiger partial charge in [-0.15, -0.1) is 0 Å². The van der Waals surface area contributed by atoms with E-state index in [0.29, 0.717) is 54.4 Å². The summed E-state index contributed by atoms with van der Waals surface area (Å²) in [6.45, 7) is 4.12. The number of aryl methyl sites for hydroxylation is 1. The minimum atomic E-state index is -4.49. The Bertz CT molecular complexity index is 1110. The Kier molecular flexibility index (Phi) is 6.39. The molecule has 0 bridgehead atoms. The van der Waals surface area contributed by atoms with Crippen LogP contribution >= 0.6 is 23.2 Å². The van der Waals surface area contributed by atoms with E-state index in [2.05, 4.69) is 24.8 Å². The summed E-state index contributed by atoms with van der Waals surface area (Å²) in [6.07, 6.45) is 0.416. The van der Waals surface area contributed by atoms with Crippen LogP contribution < -0.4 is 9.80 Å². The van der Waals surface area contributed by atoms with Crippen molar-refractivity contribution in [1.82, 2.24) is 19.9 Å². The molecule has 0 unspecified atom stereocenters. The zero-order valence-corrected chi connectivity index (χ0v) is 18.6. The van der Waals surface area contributed by atoms with E-state index in [9.17, 15) is 13.2 Å². The number of aromatic nitrogens is 4. The Labute approximate surface area is 193 Å². The van der Waals surface area contributed by atoms with E-state index in [1.165, 1.54) is 0 Å². The van der Waals surface area contributed by atoms with Crippen molar-refractivity contribution in [2.75, 3.05) is 36.0 Å². The fourth-order valence-corrected chi connectivity index (χ4v) is 4.03. The Balaban J connectivity index is 1.57. The molecule has 0 aromatic carbocycles. The normalized spacial score (nSPS) is 15.1. The number of halogens is 5. The van der Waals surface area contributed by atoms with Crippen molar-refractivity contribution in [3.63, 3.8) is 0 Å². The van der Waals surface area contributed by atoms with Gasteiger partial charge in [0.1, 0.15) is 10.8 Å². The molecule has 0 spiro atoms. The molecule has 4 heterocycles. The maximum atomic E-state index is 12.9. The Hall–Kier alpha value is -2.65. The van der Waals surface area contributed by atoms with Crippen LogP contribution in [-0.2, 0) is 6.18 Å². The van der Waals surface area contributed by atoms with Gasteiger partial charge in [-0.05, 0) is 31.5 Å². The highest BCUT2D eigenvalue weighted by Gasteiger charge is 2.32. The van der Waals surface area contributed by atoms with Crippen LogP contribution in [0.25, 0.3) is 11.4 Å². The van der Waals surface area contributed by atoms with Gasteiger partial charge in [0.15, 0.2) is 11.6 Å². The summed E-state index contributed by atoms with van der Waals surface area (Å²) in [5.74, 6) is 1.48. The molecule has 168 valence electrons. The molecule has 0 amide bonds. The van der Waals surface area contributed by atoms with Crippen LogP contribution in [0.2, 0.25) is 10.0 Å². The van der Waals surface area contributed by atoms with Gasteiger partial charge in [0.25, 0.3) is 0 Å². The van der Waals surface area contributed by atoms with E-state index < -0.39 is 11.7 Å². The fourth-order valence-electron chi connectivity index (χ4n) is 3.54. The molecule has 0 N–H and O–H groups in total. The van der Waals surface area contributed by atoms with Crippen LogP contribution in [0.15, 0.2) is 36.8 Å². The summed E-state index contributed by atoms with van der Waals surface area (Å²) in [5.41, 5.74) is 0.573. The Morgan fingerprint density at radius 3 is 2.31 bits per heavy atom. The lowest BCUT2D eigenvalue weighted by atomic mass is 10.2. The number of rotatable bonds is 3.